The normalized spacial score (nSPS) is 10.7. The van der Waals surface area contributed by atoms with Crippen LogP contribution in [0.5, 0.6) is 0 Å². The number of halogens is 1. The van der Waals surface area contributed by atoms with E-state index in [4.69, 9.17) is 16.3 Å². The highest BCUT2D eigenvalue weighted by Crippen LogP contribution is 2.29. The molecule has 0 unspecified atom stereocenters. The number of hydrogen-bond donors (Lipinski definition) is 2. The zero-order valence-corrected chi connectivity index (χ0v) is 19.4. The van der Waals surface area contributed by atoms with E-state index in [2.05, 4.69) is 20.8 Å². The molecule has 0 spiro atoms. The zero-order chi connectivity index (χ0) is 22.9. The van der Waals surface area contributed by atoms with Crippen LogP contribution >= 0.6 is 23.4 Å². The van der Waals surface area contributed by atoms with Gasteiger partial charge in [0.2, 0.25) is 11.8 Å². The van der Waals surface area contributed by atoms with Crippen molar-refractivity contribution < 1.29 is 14.3 Å². The third-order valence-corrected chi connectivity index (χ3v) is 5.68. The van der Waals surface area contributed by atoms with Crippen molar-refractivity contribution in [1.82, 2.24) is 14.8 Å². The minimum Gasteiger partial charge on any atom is -0.385 e. The van der Waals surface area contributed by atoms with Crippen molar-refractivity contribution in [2.45, 2.75) is 25.0 Å². The second-order valence-electron chi connectivity index (χ2n) is 6.88. The van der Waals surface area contributed by atoms with Crippen LogP contribution in [0.2, 0.25) is 5.02 Å². The van der Waals surface area contributed by atoms with Crippen LogP contribution in [0, 0.1) is 0 Å². The lowest BCUT2D eigenvalue weighted by atomic mass is 10.2. The van der Waals surface area contributed by atoms with Gasteiger partial charge in [-0.1, -0.05) is 35.5 Å². The quantitative estimate of drug-likeness (QED) is 0.336. The second-order valence-corrected chi connectivity index (χ2v) is 8.23. The number of carbonyl (C=O) groups excluding carboxylic acids is 2. The highest BCUT2D eigenvalue weighted by atomic mass is 35.5. The molecular formula is C22H24ClN5O3S. The van der Waals surface area contributed by atoms with E-state index >= 15 is 0 Å². The van der Waals surface area contributed by atoms with Crippen molar-refractivity contribution in [2.24, 2.45) is 0 Å². The Kier molecular flexibility index (Phi) is 8.66. The fourth-order valence-corrected chi connectivity index (χ4v) is 3.96. The molecule has 32 heavy (non-hydrogen) atoms. The molecule has 2 N–H and O–H groups in total. The topological polar surface area (TPSA) is 98.1 Å². The van der Waals surface area contributed by atoms with E-state index < -0.39 is 0 Å². The van der Waals surface area contributed by atoms with E-state index in [9.17, 15) is 9.59 Å². The number of nitrogens with one attached hydrogen (secondary N) is 2. The summed E-state index contributed by atoms with van der Waals surface area (Å²) in [6, 6.07) is 14.4. The van der Waals surface area contributed by atoms with Crippen molar-refractivity contribution in [1.29, 1.82) is 0 Å². The molecule has 0 saturated heterocycles. The number of nitrogens with zero attached hydrogens (tertiary/aromatic N) is 3. The number of aromatic nitrogens is 3. The summed E-state index contributed by atoms with van der Waals surface area (Å²) in [6.45, 7) is 2.67. The lowest BCUT2D eigenvalue weighted by Crippen LogP contribution is -2.15. The highest BCUT2D eigenvalue weighted by molar-refractivity contribution is 7.99. The minimum absolute atomic E-state index is 0.149. The van der Waals surface area contributed by atoms with E-state index in [1.54, 1.807) is 31.4 Å². The van der Waals surface area contributed by atoms with E-state index in [0.29, 0.717) is 40.5 Å². The van der Waals surface area contributed by atoms with Gasteiger partial charge in [0, 0.05) is 44.1 Å². The van der Waals surface area contributed by atoms with Crippen LogP contribution in [-0.4, -0.2) is 46.0 Å². The van der Waals surface area contributed by atoms with Crippen molar-refractivity contribution in [3.63, 3.8) is 0 Å². The molecule has 0 aliphatic carbocycles. The lowest BCUT2D eigenvalue weighted by Gasteiger charge is -2.11. The van der Waals surface area contributed by atoms with Gasteiger partial charge in [-0.3, -0.25) is 9.59 Å². The van der Waals surface area contributed by atoms with Gasteiger partial charge in [0.15, 0.2) is 11.0 Å². The summed E-state index contributed by atoms with van der Waals surface area (Å²) >= 11 is 7.66. The zero-order valence-electron chi connectivity index (χ0n) is 17.8. The van der Waals surface area contributed by atoms with E-state index in [0.717, 1.165) is 12.0 Å². The molecule has 10 heteroatoms. The van der Waals surface area contributed by atoms with Crippen LogP contribution in [0.3, 0.4) is 0 Å². The van der Waals surface area contributed by atoms with Crippen LogP contribution in [0.25, 0.3) is 11.4 Å². The number of amides is 2. The average Bonchev–Trinajstić information content (AvgIpc) is 3.16. The Morgan fingerprint density at radius 3 is 2.41 bits per heavy atom. The van der Waals surface area contributed by atoms with Crippen LogP contribution in [0.4, 0.5) is 11.4 Å². The number of ether oxygens (including phenoxy) is 1. The monoisotopic (exact) mass is 473 g/mol. The molecule has 0 fully saturated rings. The number of rotatable bonds is 10. The van der Waals surface area contributed by atoms with Gasteiger partial charge < -0.3 is 19.9 Å². The van der Waals surface area contributed by atoms with Gasteiger partial charge in [-0.25, -0.2) is 0 Å². The number of thioether (sulfide) groups is 1. The summed E-state index contributed by atoms with van der Waals surface area (Å²) in [5, 5.41) is 15.4. The maximum Gasteiger partial charge on any atom is 0.234 e. The van der Waals surface area contributed by atoms with Crippen LogP contribution in [-0.2, 0) is 20.9 Å². The molecule has 0 aliphatic heterocycles. The van der Waals surface area contributed by atoms with E-state index in [-0.39, 0.29) is 17.6 Å². The lowest BCUT2D eigenvalue weighted by molar-refractivity contribution is -0.114. The molecule has 0 saturated carbocycles. The van der Waals surface area contributed by atoms with Crippen molar-refractivity contribution in [3.8, 4) is 11.4 Å². The van der Waals surface area contributed by atoms with Crippen molar-refractivity contribution >= 4 is 46.6 Å². The smallest absolute Gasteiger partial charge is 0.234 e. The molecular weight excluding hydrogens is 450 g/mol. The number of benzene rings is 2. The van der Waals surface area contributed by atoms with Gasteiger partial charge in [-0.05, 0) is 42.8 Å². The molecule has 0 radical (unpaired) electrons. The van der Waals surface area contributed by atoms with Gasteiger partial charge in [0.1, 0.15) is 0 Å². The van der Waals surface area contributed by atoms with Crippen LogP contribution < -0.4 is 10.6 Å². The first-order valence-corrected chi connectivity index (χ1v) is 11.3. The molecule has 3 aromatic rings. The number of methoxy groups -OCH3 is 1. The maximum absolute atomic E-state index is 12.5. The Bertz CT molecular complexity index is 1070. The summed E-state index contributed by atoms with van der Waals surface area (Å²) < 4.78 is 7.13. The van der Waals surface area contributed by atoms with Gasteiger partial charge in [-0.15, -0.1) is 10.2 Å². The molecule has 2 amide bonds. The maximum atomic E-state index is 12.5. The first-order valence-electron chi connectivity index (χ1n) is 9.95. The predicted octanol–water partition coefficient (Wildman–Crippen LogP) is 4.32. The van der Waals surface area contributed by atoms with Gasteiger partial charge in [0.05, 0.1) is 10.8 Å². The Morgan fingerprint density at radius 2 is 1.75 bits per heavy atom. The third kappa shape index (κ3) is 6.56. The van der Waals surface area contributed by atoms with Gasteiger partial charge >= 0.3 is 0 Å². The minimum atomic E-state index is -0.173. The number of anilines is 2. The first kappa shape index (κ1) is 23.8. The van der Waals surface area contributed by atoms with E-state index in [1.165, 1.54) is 18.7 Å². The second kappa shape index (κ2) is 11.7. The van der Waals surface area contributed by atoms with Crippen LogP contribution in [0.1, 0.15) is 13.3 Å². The Balaban J connectivity index is 1.67. The van der Waals surface area contributed by atoms with Gasteiger partial charge in [-0.2, -0.15) is 0 Å². The Morgan fingerprint density at radius 1 is 1.06 bits per heavy atom. The molecule has 0 atom stereocenters. The molecule has 0 aliphatic rings. The molecule has 168 valence electrons. The highest BCUT2D eigenvalue weighted by Gasteiger charge is 2.17. The molecule has 0 bridgehead atoms. The fraction of sp³-hybridized carbons (Fsp3) is 0.273. The Labute approximate surface area is 195 Å². The van der Waals surface area contributed by atoms with E-state index in [1.807, 2.05) is 28.8 Å². The fourth-order valence-electron chi connectivity index (χ4n) is 2.97. The molecule has 1 aromatic heterocycles. The average molecular weight is 474 g/mol. The number of carbonyl (C=O) groups is 2. The summed E-state index contributed by atoms with van der Waals surface area (Å²) in [5.74, 6) is 0.499. The Hall–Kier alpha value is -2.88. The molecule has 8 nitrogen and oxygen atoms in total. The molecule has 3 rings (SSSR count). The predicted molar refractivity (Wildman–Crippen MR) is 127 cm³/mol. The largest absolute Gasteiger partial charge is 0.385 e. The SMILES string of the molecule is COCCCn1c(SCC(=O)Nc2ccc(NC(C)=O)cc2)nnc1-c1ccccc1Cl. The summed E-state index contributed by atoms with van der Waals surface area (Å²) in [6.07, 6.45) is 0.770. The van der Waals surface area contributed by atoms with Crippen molar-refractivity contribution in [2.75, 3.05) is 30.1 Å². The van der Waals surface area contributed by atoms with Crippen molar-refractivity contribution in [3.05, 3.63) is 53.6 Å². The summed E-state index contributed by atoms with van der Waals surface area (Å²) in [5.41, 5.74) is 2.10. The number of hydrogen-bond acceptors (Lipinski definition) is 6. The first-order chi connectivity index (χ1) is 15.5. The third-order valence-electron chi connectivity index (χ3n) is 4.38. The summed E-state index contributed by atoms with van der Waals surface area (Å²) in [7, 11) is 1.66. The molecule has 2 aromatic carbocycles. The standard InChI is InChI=1S/C22H24ClN5O3S/c1-15(29)24-16-8-10-17(11-9-16)25-20(30)14-32-22-27-26-21(28(22)12-5-13-31-2)18-6-3-4-7-19(18)23/h3-4,6-11H,5,12-14H2,1-2H3,(H,24,29)(H,25,30). The molecule has 1 heterocycles. The summed E-state index contributed by atoms with van der Waals surface area (Å²) in [4.78, 5) is 23.6. The van der Waals surface area contributed by atoms with Gasteiger partial charge in [0.25, 0.3) is 0 Å². The van der Waals surface area contributed by atoms with Crippen LogP contribution in [0.15, 0.2) is 53.7 Å².